The quantitative estimate of drug-likeness (QED) is 0.840. The number of aryl methyl sites for hydroxylation is 1. The normalized spacial score (nSPS) is 17.0. The third-order valence-corrected chi connectivity index (χ3v) is 4.00. The van der Waals surface area contributed by atoms with Crippen molar-refractivity contribution in [2.75, 3.05) is 18.5 Å². The second-order valence-electron chi connectivity index (χ2n) is 5.78. The zero-order valence-electron chi connectivity index (χ0n) is 13.1. The number of carbonyl (C=O) groups is 1. The first-order chi connectivity index (χ1) is 10.8. The van der Waals surface area contributed by atoms with Crippen molar-refractivity contribution in [3.05, 3.63) is 29.8 Å². The summed E-state index contributed by atoms with van der Waals surface area (Å²) < 4.78 is 41.8. The Labute approximate surface area is 145 Å². The lowest BCUT2D eigenvalue weighted by Crippen LogP contribution is -2.43. The molecule has 1 aromatic carbocycles. The largest absolute Gasteiger partial charge is 0.389 e. The molecule has 3 N–H and O–H groups in total. The molecule has 1 saturated heterocycles. The zero-order chi connectivity index (χ0) is 16.9. The minimum Gasteiger partial charge on any atom is -0.381 e. The highest BCUT2D eigenvalue weighted by Gasteiger charge is 2.27. The molecular formula is C16H22ClF3N2O2. The van der Waals surface area contributed by atoms with E-state index in [-0.39, 0.29) is 30.7 Å². The molecule has 0 saturated carbocycles. The fraction of sp³-hybridized carbons (Fsp3) is 0.562. The first-order valence-corrected chi connectivity index (χ1v) is 7.65. The number of nitrogens with one attached hydrogen (secondary N) is 1. The molecule has 0 aliphatic carbocycles. The summed E-state index contributed by atoms with van der Waals surface area (Å²) in [6, 6.07) is 5.76. The van der Waals surface area contributed by atoms with Crippen molar-refractivity contribution in [3.8, 4) is 0 Å². The van der Waals surface area contributed by atoms with Crippen molar-refractivity contribution in [2.24, 2.45) is 11.7 Å². The van der Waals surface area contributed by atoms with Gasteiger partial charge in [0.2, 0.25) is 5.91 Å². The molecule has 1 amide bonds. The van der Waals surface area contributed by atoms with Crippen LogP contribution in [0, 0.1) is 5.92 Å². The SMILES string of the molecule is Cl.NC(C(=O)Nc1ccc(CCC(F)(F)F)cc1)C1CCOCC1. The van der Waals surface area contributed by atoms with Gasteiger partial charge in [-0.15, -0.1) is 12.4 Å². The van der Waals surface area contributed by atoms with Crippen molar-refractivity contribution in [1.82, 2.24) is 0 Å². The van der Waals surface area contributed by atoms with Crippen LogP contribution in [0.25, 0.3) is 0 Å². The Hall–Kier alpha value is -1.31. The highest BCUT2D eigenvalue weighted by atomic mass is 35.5. The van der Waals surface area contributed by atoms with Gasteiger partial charge in [0.1, 0.15) is 0 Å². The van der Waals surface area contributed by atoms with E-state index in [4.69, 9.17) is 10.5 Å². The molecule has 1 fully saturated rings. The molecule has 4 nitrogen and oxygen atoms in total. The van der Waals surface area contributed by atoms with Gasteiger partial charge in [-0.05, 0) is 42.9 Å². The number of benzene rings is 1. The highest BCUT2D eigenvalue weighted by molar-refractivity contribution is 5.94. The van der Waals surface area contributed by atoms with Crippen LogP contribution < -0.4 is 11.1 Å². The van der Waals surface area contributed by atoms with Crippen LogP contribution in [0.1, 0.15) is 24.8 Å². The van der Waals surface area contributed by atoms with E-state index in [0.717, 1.165) is 12.8 Å². The number of rotatable bonds is 5. The Morgan fingerprint density at radius 1 is 1.25 bits per heavy atom. The summed E-state index contributed by atoms with van der Waals surface area (Å²) in [5.41, 5.74) is 7.09. The number of amides is 1. The molecule has 136 valence electrons. The van der Waals surface area contributed by atoms with Gasteiger partial charge in [0.25, 0.3) is 0 Å². The van der Waals surface area contributed by atoms with Gasteiger partial charge in [0.05, 0.1) is 6.04 Å². The zero-order valence-corrected chi connectivity index (χ0v) is 14.0. The van der Waals surface area contributed by atoms with Crippen molar-refractivity contribution in [2.45, 2.75) is 37.9 Å². The third-order valence-electron chi connectivity index (χ3n) is 4.00. The fourth-order valence-corrected chi connectivity index (χ4v) is 2.56. The predicted octanol–water partition coefficient (Wildman–Crippen LogP) is 3.30. The van der Waals surface area contributed by atoms with Gasteiger partial charge < -0.3 is 15.8 Å². The first-order valence-electron chi connectivity index (χ1n) is 7.65. The number of halogens is 4. The van der Waals surface area contributed by atoms with E-state index in [9.17, 15) is 18.0 Å². The molecule has 1 atom stereocenters. The number of ether oxygens (including phenoxy) is 1. The standard InChI is InChI=1S/C16H21F3N2O2.ClH/c17-16(18,19)8-5-11-1-3-13(4-2-11)21-15(22)14(20)12-6-9-23-10-7-12;/h1-4,12,14H,5-10,20H2,(H,21,22);1H. The summed E-state index contributed by atoms with van der Waals surface area (Å²) in [5, 5.41) is 2.71. The van der Waals surface area contributed by atoms with Crippen molar-refractivity contribution in [1.29, 1.82) is 0 Å². The maximum Gasteiger partial charge on any atom is 0.389 e. The molecule has 1 aromatic rings. The van der Waals surface area contributed by atoms with E-state index in [0.29, 0.717) is 24.5 Å². The van der Waals surface area contributed by atoms with Crippen LogP contribution in [0.4, 0.5) is 18.9 Å². The average molecular weight is 367 g/mol. The van der Waals surface area contributed by atoms with Crippen LogP contribution >= 0.6 is 12.4 Å². The Bertz CT molecular complexity index is 517. The lowest BCUT2D eigenvalue weighted by atomic mass is 9.92. The lowest BCUT2D eigenvalue weighted by molar-refractivity contribution is -0.134. The number of hydrogen-bond acceptors (Lipinski definition) is 3. The maximum atomic E-state index is 12.2. The van der Waals surface area contributed by atoms with Gasteiger partial charge in [-0.3, -0.25) is 4.79 Å². The monoisotopic (exact) mass is 366 g/mol. The number of anilines is 1. The van der Waals surface area contributed by atoms with Gasteiger partial charge in [0, 0.05) is 25.3 Å². The Kier molecular flexibility index (Phi) is 7.99. The number of nitrogens with two attached hydrogens (primary N) is 1. The lowest BCUT2D eigenvalue weighted by Gasteiger charge is -2.26. The van der Waals surface area contributed by atoms with Crippen LogP contribution in [0.2, 0.25) is 0 Å². The summed E-state index contributed by atoms with van der Waals surface area (Å²) in [4.78, 5) is 12.1. The van der Waals surface area contributed by atoms with Crippen molar-refractivity contribution < 1.29 is 22.7 Å². The maximum absolute atomic E-state index is 12.2. The Morgan fingerprint density at radius 2 is 1.83 bits per heavy atom. The molecule has 0 radical (unpaired) electrons. The summed E-state index contributed by atoms with van der Waals surface area (Å²) in [7, 11) is 0. The average Bonchev–Trinajstić information content (AvgIpc) is 2.53. The van der Waals surface area contributed by atoms with Gasteiger partial charge in [-0.25, -0.2) is 0 Å². The van der Waals surface area contributed by atoms with Crippen LogP contribution in [0.15, 0.2) is 24.3 Å². The molecule has 24 heavy (non-hydrogen) atoms. The summed E-state index contributed by atoms with van der Waals surface area (Å²) in [6.07, 6.45) is -3.58. The van der Waals surface area contributed by atoms with Gasteiger partial charge in [-0.2, -0.15) is 13.2 Å². The van der Waals surface area contributed by atoms with E-state index in [1.54, 1.807) is 24.3 Å². The molecule has 1 aliphatic rings. The van der Waals surface area contributed by atoms with Gasteiger partial charge in [0.15, 0.2) is 0 Å². The third kappa shape index (κ3) is 6.67. The molecule has 0 bridgehead atoms. The van der Waals surface area contributed by atoms with Crippen LogP contribution in [-0.4, -0.2) is 31.3 Å². The topological polar surface area (TPSA) is 64.4 Å². The highest BCUT2D eigenvalue weighted by Crippen LogP contribution is 2.23. The predicted molar refractivity (Wildman–Crippen MR) is 88.2 cm³/mol. The molecule has 0 aromatic heterocycles. The summed E-state index contributed by atoms with van der Waals surface area (Å²) in [6.45, 7) is 1.22. The van der Waals surface area contributed by atoms with E-state index < -0.39 is 18.6 Å². The molecule has 1 heterocycles. The number of carbonyl (C=O) groups excluding carboxylic acids is 1. The van der Waals surface area contributed by atoms with Crippen LogP contribution in [-0.2, 0) is 16.0 Å². The molecule has 8 heteroatoms. The van der Waals surface area contributed by atoms with E-state index >= 15 is 0 Å². The fourth-order valence-electron chi connectivity index (χ4n) is 2.56. The number of alkyl halides is 3. The minimum absolute atomic E-state index is 0. The second-order valence-corrected chi connectivity index (χ2v) is 5.78. The van der Waals surface area contributed by atoms with E-state index in [1.807, 2.05) is 0 Å². The second kappa shape index (κ2) is 9.25. The molecule has 1 aliphatic heterocycles. The van der Waals surface area contributed by atoms with Crippen LogP contribution in [0.3, 0.4) is 0 Å². The first kappa shape index (κ1) is 20.7. The Morgan fingerprint density at radius 3 is 2.38 bits per heavy atom. The molecule has 1 unspecified atom stereocenters. The Balaban J connectivity index is 0.00000288. The minimum atomic E-state index is -4.16. The van der Waals surface area contributed by atoms with Gasteiger partial charge in [-0.1, -0.05) is 12.1 Å². The summed E-state index contributed by atoms with van der Waals surface area (Å²) >= 11 is 0. The number of hydrogen-bond donors (Lipinski definition) is 2. The van der Waals surface area contributed by atoms with E-state index in [1.165, 1.54) is 0 Å². The molecule has 2 rings (SSSR count). The molecular weight excluding hydrogens is 345 g/mol. The summed E-state index contributed by atoms with van der Waals surface area (Å²) in [5.74, 6) is -0.185. The van der Waals surface area contributed by atoms with Crippen molar-refractivity contribution >= 4 is 24.0 Å². The van der Waals surface area contributed by atoms with Gasteiger partial charge >= 0.3 is 6.18 Å². The molecule has 0 spiro atoms. The van der Waals surface area contributed by atoms with Crippen LogP contribution in [0.5, 0.6) is 0 Å². The smallest absolute Gasteiger partial charge is 0.381 e. The van der Waals surface area contributed by atoms with Crippen molar-refractivity contribution in [3.63, 3.8) is 0 Å². The van der Waals surface area contributed by atoms with E-state index in [2.05, 4.69) is 5.32 Å².